The first-order valence-corrected chi connectivity index (χ1v) is 17.2. The molecule has 5 aromatic rings. The standard InChI is InChI=1S/C41H47ClN4O/c1-44(2)38(33-24-26-35(42)27-25-33)32-20-22-34(23-21-32)39(46(4)36-18-12-7-13-19-36)40-43-37(28-30-14-8-5-9-15-30)41(47-40)45(3)29-31-16-10-6-11-17-31/h5-19,24-27,32,34,38-39H,20-23,28-29H2,1-4H3. The molecule has 0 radical (unpaired) electrons. The molecule has 1 heterocycles. The second-order valence-corrected chi connectivity index (χ2v) is 13.8. The summed E-state index contributed by atoms with van der Waals surface area (Å²) in [6.07, 6.45) is 5.23. The lowest BCUT2D eigenvalue weighted by Gasteiger charge is -2.41. The summed E-state index contributed by atoms with van der Waals surface area (Å²) in [5.74, 6) is 2.63. The highest BCUT2D eigenvalue weighted by Gasteiger charge is 2.38. The molecule has 244 valence electrons. The van der Waals surface area contributed by atoms with Crippen molar-refractivity contribution in [3.8, 4) is 0 Å². The zero-order chi connectivity index (χ0) is 32.8. The fourth-order valence-electron chi connectivity index (χ4n) is 7.56. The van der Waals surface area contributed by atoms with E-state index in [2.05, 4.69) is 146 Å². The normalized spacial score (nSPS) is 17.7. The second kappa shape index (κ2) is 15.2. The van der Waals surface area contributed by atoms with Crippen molar-refractivity contribution in [2.24, 2.45) is 11.8 Å². The molecule has 2 unspecified atom stereocenters. The monoisotopic (exact) mass is 646 g/mol. The van der Waals surface area contributed by atoms with Gasteiger partial charge in [-0.3, -0.25) is 0 Å². The van der Waals surface area contributed by atoms with Crippen molar-refractivity contribution < 1.29 is 4.42 Å². The summed E-state index contributed by atoms with van der Waals surface area (Å²) in [5.41, 5.74) is 5.97. The van der Waals surface area contributed by atoms with Crippen molar-refractivity contribution in [2.45, 2.75) is 50.7 Å². The predicted molar refractivity (Wildman–Crippen MR) is 195 cm³/mol. The Kier molecular flexibility index (Phi) is 10.6. The van der Waals surface area contributed by atoms with Crippen molar-refractivity contribution in [1.29, 1.82) is 0 Å². The first-order valence-electron chi connectivity index (χ1n) is 16.9. The van der Waals surface area contributed by atoms with Crippen molar-refractivity contribution in [2.75, 3.05) is 38.0 Å². The molecule has 5 nitrogen and oxygen atoms in total. The molecule has 47 heavy (non-hydrogen) atoms. The number of benzene rings is 4. The molecule has 0 saturated heterocycles. The number of hydrogen-bond donors (Lipinski definition) is 0. The van der Waals surface area contributed by atoms with Crippen LogP contribution in [0.3, 0.4) is 0 Å². The quantitative estimate of drug-likeness (QED) is 0.135. The maximum Gasteiger partial charge on any atom is 0.220 e. The van der Waals surface area contributed by atoms with Crippen molar-refractivity contribution in [3.05, 3.63) is 149 Å². The molecule has 1 fully saturated rings. The molecule has 6 rings (SSSR count). The van der Waals surface area contributed by atoms with E-state index in [0.717, 1.165) is 61.1 Å². The van der Waals surface area contributed by atoms with Gasteiger partial charge in [0.25, 0.3) is 0 Å². The number of hydrogen-bond acceptors (Lipinski definition) is 5. The van der Waals surface area contributed by atoms with E-state index in [-0.39, 0.29) is 6.04 Å². The summed E-state index contributed by atoms with van der Waals surface area (Å²) >= 11 is 6.26. The third-order valence-electron chi connectivity index (χ3n) is 9.83. The van der Waals surface area contributed by atoms with Gasteiger partial charge in [0.2, 0.25) is 11.8 Å². The van der Waals surface area contributed by atoms with Crippen LogP contribution in [-0.4, -0.2) is 38.1 Å². The van der Waals surface area contributed by atoms with Crippen LogP contribution in [0.4, 0.5) is 11.6 Å². The van der Waals surface area contributed by atoms with Gasteiger partial charge in [-0.25, -0.2) is 4.98 Å². The maximum atomic E-state index is 6.92. The van der Waals surface area contributed by atoms with E-state index in [1.165, 1.54) is 22.4 Å². The summed E-state index contributed by atoms with van der Waals surface area (Å²) in [7, 11) is 8.72. The molecule has 0 amide bonds. The molecule has 2 atom stereocenters. The van der Waals surface area contributed by atoms with Crippen LogP contribution >= 0.6 is 11.6 Å². The lowest BCUT2D eigenvalue weighted by atomic mass is 9.73. The molecule has 0 aliphatic heterocycles. The van der Waals surface area contributed by atoms with E-state index in [1.54, 1.807) is 0 Å². The van der Waals surface area contributed by atoms with Gasteiger partial charge in [0, 0.05) is 43.8 Å². The van der Waals surface area contributed by atoms with E-state index in [0.29, 0.717) is 17.9 Å². The number of anilines is 2. The topological polar surface area (TPSA) is 35.8 Å². The Morgan fingerprint density at radius 2 is 1.21 bits per heavy atom. The maximum absolute atomic E-state index is 6.92. The number of para-hydroxylation sites is 1. The molecule has 6 heteroatoms. The van der Waals surface area contributed by atoms with Crippen LogP contribution in [0, 0.1) is 11.8 Å². The van der Waals surface area contributed by atoms with Crippen molar-refractivity contribution in [1.82, 2.24) is 9.88 Å². The lowest BCUT2D eigenvalue weighted by molar-refractivity contribution is 0.135. The first-order chi connectivity index (χ1) is 22.9. The van der Waals surface area contributed by atoms with Gasteiger partial charge in [0.1, 0.15) is 11.7 Å². The molecule has 1 aliphatic rings. The smallest absolute Gasteiger partial charge is 0.220 e. The molecule has 4 aromatic carbocycles. The Bertz CT molecular complexity index is 1670. The average molecular weight is 647 g/mol. The highest BCUT2D eigenvalue weighted by atomic mass is 35.5. The Morgan fingerprint density at radius 3 is 1.79 bits per heavy atom. The van der Waals surface area contributed by atoms with Gasteiger partial charge in [-0.05, 0) is 92.6 Å². The summed E-state index contributed by atoms with van der Waals surface area (Å²) in [6, 6.07) is 40.7. The number of halogens is 1. The Morgan fingerprint density at radius 1 is 0.681 bits per heavy atom. The Labute approximate surface area is 285 Å². The van der Waals surface area contributed by atoms with Gasteiger partial charge in [-0.1, -0.05) is 103 Å². The van der Waals surface area contributed by atoms with Crippen LogP contribution in [0.5, 0.6) is 0 Å². The fourth-order valence-corrected chi connectivity index (χ4v) is 7.68. The number of oxazole rings is 1. The summed E-state index contributed by atoms with van der Waals surface area (Å²) in [6.45, 7) is 0.748. The van der Waals surface area contributed by atoms with Crippen molar-refractivity contribution >= 4 is 23.2 Å². The van der Waals surface area contributed by atoms with E-state index >= 15 is 0 Å². The average Bonchev–Trinajstić information content (AvgIpc) is 3.50. The van der Waals surface area contributed by atoms with Gasteiger partial charge < -0.3 is 19.1 Å². The SMILES string of the molecule is CN(Cc1ccccc1)c1oc(C(C2CCC(C(c3ccc(Cl)cc3)N(C)C)CC2)N(C)c2ccccc2)nc1Cc1ccccc1. The van der Waals surface area contributed by atoms with Crippen LogP contribution in [0.1, 0.15) is 66.0 Å². The fraction of sp³-hybridized carbons (Fsp3) is 0.341. The zero-order valence-corrected chi connectivity index (χ0v) is 28.9. The van der Waals surface area contributed by atoms with Gasteiger partial charge in [0.15, 0.2) is 0 Å². The van der Waals surface area contributed by atoms with Crippen LogP contribution in [0.25, 0.3) is 0 Å². The molecule has 1 saturated carbocycles. The van der Waals surface area contributed by atoms with E-state index in [9.17, 15) is 0 Å². The lowest BCUT2D eigenvalue weighted by Crippen LogP contribution is -2.36. The summed E-state index contributed by atoms with van der Waals surface area (Å²) in [5, 5.41) is 0.785. The summed E-state index contributed by atoms with van der Waals surface area (Å²) < 4.78 is 6.92. The highest BCUT2D eigenvalue weighted by molar-refractivity contribution is 6.30. The minimum absolute atomic E-state index is 0.0140. The van der Waals surface area contributed by atoms with E-state index in [1.807, 2.05) is 12.1 Å². The first kappa shape index (κ1) is 32.9. The number of aromatic nitrogens is 1. The minimum Gasteiger partial charge on any atom is -0.423 e. The predicted octanol–water partition coefficient (Wildman–Crippen LogP) is 9.84. The Balaban J connectivity index is 1.32. The third-order valence-corrected chi connectivity index (χ3v) is 10.1. The second-order valence-electron chi connectivity index (χ2n) is 13.3. The Hall–Kier alpha value is -4.06. The van der Waals surface area contributed by atoms with Gasteiger partial charge in [-0.15, -0.1) is 0 Å². The minimum atomic E-state index is 0.0140. The molecule has 0 N–H and O–H groups in total. The van der Waals surface area contributed by atoms with Gasteiger partial charge in [-0.2, -0.15) is 0 Å². The molecular weight excluding hydrogens is 600 g/mol. The molecule has 0 spiro atoms. The van der Waals surface area contributed by atoms with Gasteiger partial charge in [0.05, 0.1) is 0 Å². The van der Waals surface area contributed by atoms with Crippen LogP contribution < -0.4 is 9.80 Å². The van der Waals surface area contributed by atoms with E-state index < -0.39 is 0 Å². The molecule has 1 aliphatic carbocycles. The van der Waals surface area contributed by atoms with Crippen molar-refractivity contribution in [3.63, 3.8) is 0 Å². The molecule has 1 aromatic heterocycles. The van der Waals surface area contributed by atoms with E-state index in [4.69, 9.17) is 21.0 Å². The zero-order valence-electron chi connectivity index (χ0n) is 28.1. The van der Waals surface area contributed by atoms with Crippen LogP contribution in [-0.2, 0) is 13.0 Å². The summed E-state index contributed by atoms with van der Waals surface area (Å²) in [4.78, 5) is 12.3. The van der Waals surface area contributed by atoms with Crippen LogP contribution in [0.2, 0.25) is 5.02 Å². The van der Waals surface area contributed by atoms with Crippen LogP contribution in [0.15, 0.2) is 120 Å². The highest BCUT2D eigenvalue weighted by Crippen LogP contribution is 2.46. The number of rotatable bonds is 12. The third kappa shape index (κ3) is 7.91. The van der Waals surface area contributed by atoms with Gasteiger partial charge >= 0.3 is 0 Å². The number of nitrogens with zero attached hydrogens (tertiary/aromatic N) is 4. The largest absolute Gasteiger partial charge is 0.423 e. The molecule has 0 bridgehead atoms. The molecular formula is C41H47ClN4O.